The minimum atomic E-state index is -2.17. The molecule has 0 amide bonds. The molecule has 60 heteroatoms. The molecule has 0 fully saturated rings. The first-order valence-corrected chi connectivity index (χ1v) is 9.30. The molecule has 0 aromatic rings. The zero-order valence-electron chi connectivity index (χ0n) is 27.9. The quantitative estimate of drug-likeness (QED) is 0.0791. The molecule has 0 unspecified atom stereocenters. The standard InChI is InChI=1S/12BH3O3.12FH/c12*2-1(3)4;;;;;;;;;;;;/h12*2-4H;12*1H. The van der Waals surface area contributed by atoms with Crippen LogP contribution in [0.5, 0.6) is 0 Å². The lowest BCUT2D eigenvalue weighted by atomic mass is 10.3. The van der Waals surface area contributed by atoms with Gasteiger partial charge in [0, 0.05) is 0 Å². The lowest BCUT2D eigenvalue weighted by Gasteiger charge is -1.69. The van der Waals surface area contributed by atoms with E-state index in [1.54, 1.807) is 0 Å². The average molecular weight is 982 g/mol. The summed E-state index contributed by atoms with van der Waals surface area (Å²) in [6.45, 7) is 0. The maximum Gasteiger partial charge on any atom is 0.631 e. The van der Waals surface area contributed by atoms with Gasteiger partial charge in [-0.05, 0) is 0 Å². The van der Waals surface area contributed by atoms with E-state index in [0.717, 1.165) is 0 Å². The molecule has 36 N–H and O–H groups in total. The molecule has 0 saturated carbocycles. The summed E-state index contributed by atoms with van der Waals surface area (Å²) < 4.78 is 0. The predicted octanol–water partition coefficient (Wildman–Crippen LogP) is -22.8. The number of halogens is 12. The fourth-order valence-electron chi connectivity index (χ4n) is 0. The summed E-state index contributed by atoms with van der Waals surface area (Å²) in [5.41, 5.74) is 0. The van der Waals surface area contributed by atoms with Gasteiger partial charge < -0.3 is 181 Å². The van der Waals surface area contributed by atoms with Crippen LogP contribution < -0.4 is 0 Å². The summed E-state index contributed by atoms with van der Waals surface area (Å²) in [6.07, 6.45) is 0. The summed E-state index contributed by atoms with van der Waals surface area (Å²) in [5.74, 6) is 0. The molecular weight excluding hydrogens is 934 g/mol. The first-order chi connectivity index (χ1) is 20.8. The van der Waals surface area contributed by atoms with Crippen LogP contribution in [0.1, 0.15) is 0 Å². The number of hydrogen-bond acceptors (Lipinski definition) is 36. The van der Waals surface area contributed by atoms with Crippen LogP contribution in [0.3, 0.4) is 0 Å². The molecule has 0 bridgehead atoms. The minimum Gasteiger partial charge on any atom is -0.402 e. The van der Waals surface area contributed by atoms with E-state index in [0.29, 0.717) is 0 Å². The first-order valence-electron chi connectivity index (χ1n) is 9.30. The minimum absolute atomic E-state index is 0. The van der Waals surface area contributed by atoms with Gasteiger partial charge >= 0.3 is 87.9 Å². The third-order valence-corrected chi connectivity index (χ3v) is 0. The van der Waals surface area contributed by atoms with Gasteiger partial charge in [0.1, 0.15) is 0 Å². The molecule has 0 aromatic heterocycles. The van der Waals surface area contributed by atoms with Crippen LogP contribution >= 0.6 is 0 Å². The molecule has 0 aromatic carbocycles. The van der Waals surface area contributed by atoms with Crippen molar-refractivity contribution in [2.75, 3.05) is 0 Å². The fourth-order valence-corrected chi connectivity index (χ4v) is 0. The van der Waals surface area contributed by atoms with Crippen molar-refractivity contribution in [2.45, 2.75) is 0 Å². The monoisotopic (exact) mass is 984 g/mol. The van der Waals surface area contributed by atoms with E-state index in [4.69, 9.17) is 181 Å². The molecule has 0 rings (SSSR count). The summed E-state index contributed by atoms with van der Waals surface area (Å²) >= 11 is 0. The molecule has 0 aliphatic heterocycles. The highest BCUT2D eigenvalue weighted by atomic mass is 19.0. The van der Waals surface area contributed by atoms with Crippen molar-refractivity contribution in [3.63, 3.8) is 0 Å². The molecule has 0 atom stereocenters. The van der Waals surface area contributed by atoms with Gasteiger partial charge in [0.2, 0.25) is 0 Å². The van der Waals surface area contributed by atoms with E-state index in [-0.39, 0.29) is 56.5 Å². The van der Waals surface area contributed by atoms with Crippen molar-refractivity contribution in [1.82, 2.24) is 0 Å². The Kier molecular flexibility index (Phi) is 418. The van der Waals surface area contributed by atoms with E-state index in [9.17, 15) is 0 Å². The molecule has 0 saturated heterocycles. The Morgan fingerprint density at radius 3 is 0.0833 bits per heavy atom. The summed E-state index contributed by atoms with van der Waals surface area (Å²) in [6, 6.07) is 0. The van der Waals surface area contributed by atoms with Gasteiger partial charge in [0.05, 0.1) is 0 Å². The normalized spacial score (nSPS) is 5.40. The van der Waals surface area contributed by atoms with Crippen molar-refractivity contribution in [3.05, 3.63) is 0 Å². The molecule has 36 nitrogen and oxygen atoms in total. The Morgan fingerprint density at radius 2 is 0.0833 bits per heavy atom. The van der Waals surface area contributed by atoms with Gasteiger partial charge in [-0.2, -0.15) is 0 Å². The molecule has 0 aliphatic carbocycles. The van der Waals surface area contributed by atoms with E-state index >= 15 is 0 Å². The highest BCUT2D eigenvalue weighted by Crippen LogP contribution is 1.44. The largest absolute Gasteiger partial charge is 0.631 e. The van der Waals surface area contributed by atoms with Crippen molar-refractivity contribution in [2.24, 2.45) is 0 Å². The second-order valence-electron chi connectivity index (χ2n) is 4.16. The summed E-state index contributed by atoms with van der Waals surface area (Å²) in [5, 5.41) is 258. The third-order valence-electron chi connectivity index (χ3n) is 0. The van der Waals surface area contributed by atoms with Crippen molar-refractivity contribution in [3.8, 4) is 0 Å². The van der Waals surface area contributed by atoms with Crippen LogP contribution in [0, 0.1) is 0 Å². The molecule has 0 aliphatic rings. The van der Waals surface area contributed by atoms with E-state index in [2.05, 4.69) is 0 Å². The van der Waals surface area contributed by atoms with Crippen LogP contribution in [-0.2, 0) is 0 Å². The number of rotatable bonds is 0. The lowest BCUT2D eigenvalue weighted by Crippen LogP contribution is -2.07. The fraction of sp³-hybridized carbons (Fsp3) is 0. The lowest BCUT2D eigenvalue weighted by molar-refractivity contribution is 0.276. The highest BCUT2D eigenvalue weighted by Gasteiger charge is 1.96. The molecule has 0 spiro atoms. The Morgan fingerprint density at radius 1 is 0.0833 bits per heavy atom. The number of hydrogen-bond donors (Lipinski definition) is 36. The molecule has 0 radical (unpaired) electrons. The summed E-state index contributed by atoms with van der Waals surface area (Å²) in [4.78, 5) is 0. The van der Waals surface area contributed by atoms with Crippen LogP contribution in [-0.4, -0.2) is 269 Å². The van der Waals surface area contributed by atoms with Crippen LogP contribution in [0.4, 0.5) is 56.5 Å². The smallest absolute Gasteiger partial charge is 0.402 e. The van der Waals surface area contributed by atoms with E-state index < -0.39 is 87.9 Å². The molecule has 384 valence electrons. The Hall–Kier alpha value is -1.50. The van der Waals surface area contributed by atoms with E-state index in [1.165, 1.54) is 0 Å². The molecule has 0 heterocycles. The van der Waals surface area contributed by atoms with Gasteiger partial charge in [-0.1, -0.05) is 0 Å². The van der Waals surface area contributed by atoms with Crippen LogP contribution in [0.15, 0.2) is 0 Å². The SMILES string of the molecule is F.F.F.F.F.F.F.F.F.F.F.F.OB(O)O.OB(O)O.OB(O)O.OB(O)O.OB(O)O.OB(O)O.OB(O)O.OB(O)O.OB(O)O.OB(O)O.OB(O)O.OB(O)O. The van der Waals surface area contributed by atoms with Crippen molar-refractivity contribution < 1.29 is 237 Å². The zero-order valence-corrected chi connectivity index (χ0v) is 27.9. The second-order valence-corrected chi connectivity index (χ2v) is 4.16. The Labute approximate surface area is 326 Å². The Bertz CT molecular complexity index is 268. The van der Waals surface area contributed by atoms with Gasteiger partial charge in [-0.25, -0.2) is 0 Å². The second kappa shape index (κ2) is 154. The average Bonchev–Trinajstić information content (AvgIpc) is 2.61. The van der Waals surface area contributed by atoms with Crippen LogP contribution in [0.25, 0.3) is 0 Å². The topological polar surface area (TPSA) is 728 Å². The first kappa shape index (κ1) is 163. The van der Waals surface area contributed by atoms with Crippen molar-refractivity contribution in [1.29, 1.82) is 0 Å². The Balaban J connectivity index is -0.0000000105. The highest BCUT2D eigenvalue weighted by molar-refractivity contribution is 6.33. The molecular formula is H48B12F12O36. The predicted molar refractivity (Wildman–Crippen MR) is 179 cm³/mol. The van der Waals surface area contributed by atoms with E-state index in [1.807, 2.05) is 0 Å². The van der Waals surface area contributed by atoms with Crippen molar-refractivity contribution >= 4 is 87.9 Å². The van der Waals surface area contributed by atoms with Crippen LogP contribution in [0.2, 0.25) is 0 Å². The maximum absolute atomic E-state index is 7.17. The van der Waals surface area contributed by atoms with Gasteiger partial charge in [-0.3, -0.25) is 56.5 Å². The van der Waals surface area contributed by atoms with Gasteiger partial charge in [-0.15, -0.1) is 0 Å². The molecule has 60 heavy (non-hydrogen) atoms. The maximum atomic E-state index is 7.17. The third kappa shape index (κ3) is 77300. The van der Waals surface area contributed by atoms with Gasteiger partial charge in [0.25, 0.3) is 0 Å². The zero-order chi connectivity index (χ0) is 42.9. The van der Waals surface area contributed by atoms with Gasteiger partial charge in [0.15, 0.2) is 0 Å². The summed E-state index contributed by atoms with van der Waals surface area (Å²) in [7, 11) is -26.0.